The monoisotopic (exact) mass is 294 g/mol. The van der Waals surface area contributed by atoms with Crippen molar-refractivity contribution in [3.63, 3.8) is 0 Å². The molecule has 0 bridgehead atoms. The van der Waals surface area contributed by atoms with E-state index in [-0.39, 0.29) is 0 Å². The summed E-state index contributed by atoms with van der Waals surface area (Å²) in [6.45, 7) is 4.14. The molecular weight excluding hydrogens is 280 g/mol. The first kappa shape index (κ1) is 12.1. The predicted octanol–water partition coefficient (Wildman–Crippen LogP) is 2.74. The molecule has 2 aromatic heterocycles. The Bertz CT molecular complexity index is 533. The van der Waals surface area contributed by atoms with Gasteiger partial charge in [0, 0.05) is 12.4 Å². The number of pyridine rings is 1. The zero-order chi connectivity index (χ0) is 12.4. The zero-order valence-electron chi connectivity index (χ0n) is 9.94. The van der Waals surface area contributed by atoms with E-state index in [0.717, 1.165) is 40.1 Å². The van der Waals surface area contributed by atoms with Crippen LogP contribution >= 0.6 is 15.9 Å². The second kappa shape index (κ2) is 4.87. The van der Waals surface area contributed by atoms with E-state index in [1.54, 1.807) is 12.4 Å². The first-order valence-corrected chi connectivity index (χ1v) is 6.44. The van der Waals surface area contributed by atoms with Crippen molar-refractivity contribution >= 4 is 21.6 Å². The smallest absolute Gasteiger partial charge is 0.0858 e. The second-order valence-corrected chi connectivity index (χ2v) is 4.61. The highest BCUT2D eigenvalue weighted by molar-refractivity contribution is 9.10. The Morgan fingerprint density at radius 3 is 2.71 bits per heavy atom. The summed E-state index contributed by atoms with van der Waals surface area (Å²) < 4.78 is 2.82. The summed E-state index contributed by atoms with van der Waals surface area (Å²) in [5, 5.41) is 4.56. The Hall–Kier alpha value is -1.36. The van der Waals surface area contributed by atoms with Crippen molar-refractivity contribution in [1.29, 1.82) is 0 Å². The third kappa shape index (κ3) is 2.07. The van der Waals surface area contributed by atoms with Gasteiger partial charge in [-0.05, 0) is 34.8 Å². The van der Waals surface area contributed by atoms with Crippen molar-refractivity contribution < 1.29 is 0 Å². The van der Waals surface area contributed by atoms with Crippen LogP contribution in [-0.4, -0.2) is 14.8 Å². The topological polar surface area (TPSA) is 56.7 Å². The maximum Gasteiger partial charge on any atom is 0.0858 e. The molecule has 0 amide bonds. The van der Waals surface area contributed by atoms with E-state index in [4.69, 9.17) is 5.73 Å². The van der Waals surface area contributed by atoms with Crippen LogP contribution in [0.3, 0.4) is 0 Å². The molecule has 0 spiro atoms. The van der Waals surface area contributed by atoms with Gasteiger partial charge in [0.2, 0.25) is 0 Å². The molecule has 2 heterocycles. The molecule has 0 aromatic carbocycles. The number of hydrogen-bond acceptors (Lipinski definition) is 3. The molecule has 17 heavy (non-hydrogen) atoms. The number of anilines is 1. The van der Waals surface area contributed by atoms with Crippen LogP contribution in [0, 0.1) is 0 Å². The van der Waals surface area contributed by atoms with Crippen LogP contribution in [0.4, 0.5) is 5.69 Å². The molecule has 0 saturated heterocycles. The van der Waals surface area contributed by atoms with E-state index in [1.807, 2.05) is 10.7 Å². The third-order valence-electron chi connectivity index (χ3n) is 2.75. The van der Waals surface area contributed by atoms with E-state index >= 15 is 0 Å². The van der Waals surface area contributed by atoms with Crippen molar-refractivity contribution in [2.24, 2.45) is 0 Å². The fourth-order valence-corrected chi connectivity index (χ4v) is 2.27. The quantitative estimate of drug-likeness (QED) is 0.947. The van der Waals surface area contributed by atoms with Crippen molar-refractivity contribution in [2.75, 3.05) is 5.73 Å². The molecule has 90 valence electrons. The summed E-state index contributed by atoms with van der Waals surface area (Å²) in [4.78, 5) is 4.06. The Morgan fingerprint density at radius 1 is 1.35 bits per heavy atom. The fraction of sp³-hybridized carbons (Fsp3) is 0.333. The first-order valence-electron chi connectivity index (χ1n) is 5.65. The SMILES string of the molecule is CCc1nn(-c2ccncc2Br)c(CC)c1N. The van der Waals surface area contributed by atoms with Crippen LogP contribution < -0.4 is 5.73 Å². The number of aryl methyl sites for hydroxylation is 1. The molecule has 0 aliphatic carbocycles. The summed E-state index contributed by atoms with van der Waals surface area (Å²) >= 11 is 3.49. The number of halogens is 1. The Morgan fingerprint density at radius 2 is 2.12 bits per heavy atom. The molecule has 0 radical (unpaired) electrons. The predicted molar refractivity (Wildman–Crippen MR) is 72.2 cm³/mol. The molecule has 2 rings (SSSR count). The van der Waals surface area contributed by atoms with E-state index in [2.05, 4.69) is 39.9 Å². The maximum atomic E-state index is 6.10. The molecule has 0 aliphatic rings. The molecule has 2 N–H and O–H groups in total. The molecule has 0 unspecified atom stereocenters. The summed E-state index contributed by atoms with van der Waals surface area (Å²) in [7, 11) is 0. The van der Waals surface area contributed by atoms with Gasteiger partial charge in [-0.2, -0.15) is 5.10 Å². The van der Waals surface area contributed by atoms with Gasteiger partial charge in [-0.15, -0.1) is 0 Å². The van der Waals surface area contributed by atoms with Gasteiger partial charge in [-0.1, -0.05) is 13.8 Å². The highest BCUT2D eigenvalue weighted by Crippen LogP contribution is 2.26. The van der Waals surface area contributed by atoms with Crippen molar-refractivity contribution in [3.05, 3.63) is 34.3 Å². The van der Waals surface area contributed by atoms with E-state index in [1.165, 1.54) is 0 Å². The zero-order valence-corrected chi connectivity index (χ0v) is 11.5. The van der Waals surface area contributed by atoms with Crippen molar-refractivity contribution in [3.8, 4) is 5.69 Å². The summed E-state index contributed by atoms with van der Waals surface area (Å²) in [6, 6.07) is 1.93. The normalized spacial score (nSPS) is 10.8. The maximum absolute atomic E-state index is 6.10. The Balaban J connectivity index is 2.63. The van der Waals surface area contributed by atoms with Gasteiger partial charge in [-0.25, -0.2) is 4.68 Å². The minimum Gasteiger partial charge on any atom is -0.396 e. The van der Waals surface area contributed by atoms with Gasteiger partial charge < -0.3 is 5.73 Å². The number of nitrogens with zero attached hydrogens (tertiary/aromatic N) is 3. The highest BCUT2D eigenvalue weighted by Gasteiger charge is 2.15. The lowest BCUT2D eigenvalue weighted by molar-refractivity contribution is 0.789. The largest absolute Gasteiger partial charge is 0.396 e. The third-order valence-corrected chi connectivity index (χ3v) is 3.36. The van der Waals surface area contributed by atoms with Gasteiger partial charge in [-0.3, -0.25) is 4.98 Å². The van der Waals surface area contributed by atoms with E-state index < -0.39 is 0 Å². The van der Waals surface area contributed by atoms with Gasteiger partial charge in [0.1, 0.15) is 0 Å². The fourth-order valence-electron chi connectivity index (χ4n) is 1.86. The Kier molecular flexibility index (Phi) is 3.47. The van der Waals surface area contributed by atoms with E-state index in [9.17, 15) is 0 Å². The molecule has 5 heteroatoms. The van der Waals surface area contributed by atoms with Crippen LogP contribution in [0.15, 0.2) is 22.9 Å². The van der Waals surface area contributed by atoms with Crippen molar-refractivity contribution in [1.82, 2.24) is 14.8 Å². The number of hydrogen-bond donors (Lipinski definition) is 1. The molecule has 0 fully saturated rings. The number of aromatic nitrogens is 3. The molecular formula is C12H15BrN4. The number of nitrogens with two attached hydrogens (primary N) is 1. The number of rotatable bonds is 3. The number of nitrogen functional groups attached to an aromatic ring is 1. The lowest BCUT2D eigenvalue weighted by atomic mass is 10.2. The van der Waals surface area contributed by atoms with Gasteiger partial charge in [0.15, 0.2) is 0 Å². The van der Waals surface area contributed by atoms with Crippen LogP contribution in [0.2, 0.25) is 0 Å². The van der Waals surface area contributed by atoms with Gasteiger partial charge in [0.05, 0.1) is 27.2 Å². The minimum absolute atomic E-state index is 0.804. The van der Waals surface area contributed by atoms with Crippen molar-refractivity contribution in [2.45, 2.75) is 26.7 Å². The van der Waals surface area contributed by atoms with Crippen LogP contribution in [0.5, 0.6) is 0 Å². The minimum atomic E-state index is 0.804. The Labute approximate surface area is 109 Å². The summed E-state index contributed by atoms with van der Waals surface area (Å²) in [5.74, 6) is 0. The molecule has 2 aromatic rings. The van der Waals surface area contributed by atoms with Crippen LogP contribution in [0.25, 0.3) is 5.69 Å². The average Bonchev–Trinajstić information content (AvgIpc) is 2.66. The molecule has 0 aliphatic heterocycles. The summed E-state index contributed by atoms with van der Waals surface area (Å²) in [5.41, 5.74) is 9.88. The molecule has 0 atom stereocenters. The second-order valence-electron chi connectivity index (χ2n) is 3.75. The van der Waals surface area contributed by atoms with Crippen LogP contribution in [-0.2, 0) is 12.8 Å². The first-order chi connectivity index (χ1) is 8.19. The van der Waals surface area contributed by atoms with Gasteiger partial charge >= 0.3 is 0 Å². The lowest BCUT2D eigenvalue weighted by Gasteiger charge is -2.07. The van der Waals surface area contributed by atoms with Crippen LogP contribution in [0.1, 0.15) is 25.2 Å². The lowest BCUT2D eigenvalue weighted by Crippen LogP contribution is -2.03. The standard InChI is InChI=1S/C12H15BrN4/c1-3-9-12(14)10(4-2)17(16-9)11-5-6-15-7-8(11)13/h5-7H,3-4,14H2,1-2H3. The van der Waals surface area contributed by atoms with Gasteiger partial charge in [0.25, 0.3) is 0 Å². The molecule has 4 nitrogen and oxygen atoms in total. The molecule has 0 saturated carbocycles. The van der Waals surface area contributed by atoms with E-state index in [0.29, 0.717) is 0 Å². The highest BCUT2D eigenvalue weighted by atomic mass is 79.9. The summed E-state index contributed by atoms with van der Waals surface area (Å²) in [6.07, 6.45) is 5.21. The average molecular weight is 295 g/mol.